The lowest BCUT2D eigenvalue weighted by molar-refractivity contribution is -0.131. The minimum Gasteiger partial charge on any atom is -0.368 e. The van der Waals surface area contributed by atoms with Crippen molar-refractivity contribution in [1.29, 1.82) is 0 Å². The highest BCUT2D eigenvalue weighted by Gasteiger charge is 2.23. The van der Waals surface area contributed by atoms with E-state index in [2.05, 4.69) is 10.2 Å². The molecule has 5 nitrogen and oxygen atoms in total. The number of benzene rings is 2. The molecule has 1 saturated carbocycles. The van der Waals surface area contributed by atoms with Crippen LogP contribution >= 0.6 is 0 Å². The Morgan fingerprint density at radius 2 is 1.53 bits per heavy atom. The number of piperazine rings is 1. The number of carbonyl (C=O) groups is 2. The normalized spacial score (nSPS) is 17.2. The zero-order valence-electron chi connectivity index (χ0n) is 17.6. The number of nitrogens with one attached hydrogen (secondary N) is 1. The first kappa shape index (κ1) is 20.5. The van der Waals surface area contributed by atoms with Crippen molar-refractivity contribution in [2.24, 2.45) is 5.92 Å². The summed E-state index contributed by atoms with van der Waals surface area (Å²) in [5, 5.41) is 2.94. The second-order valence-electron chi connectivity index (χ2n) is 8.42. The van der Waals surface area contributed by atoms with Gasteiger partial charge in [0.05, 0.1) is 0 Å². The van der Waals surface area contributed by atoms with Gasteiger partial charge in [-0.1, -0.05) is 43.9 Å². The summed E-state index contributed by atoms with van der Waals surface area (Å²) in [6.07, 6.45) is 7.07. The van der Waals surface area contributed by atoms with Gasteiger partial charge < -0.3 is 15.1 Å². The fourth-order valence-corrected chi connectivity index (χ4v) is 4.55. The highest BCUT2D eigenvalue weighted by atomic mass is 16.2. The molecule has 1 N–H and O–H groups in total. The molecule has 30 heavy (non-hydrogen) atoms. The van der Waals surface area contributed by atoms with Gasteiger partial charge in [0, 0.05) is 49.5 Å². The molecule has 0 bridgehead atoms. The predicted molar refractivity (Wildman–Crippen MR) is 121 cm³/mol. The van der Waals surface area contributed by atoms with Crippen LogP contribution in [-0.4, -0.2) is 42.9 Å². The maximum Gasteiger partial charge on any atom is 0.255 e. The van der Waals surface area contributed by atoms with Crippen LogP contribution in [0.4, 0.5) is 11.4 Å². The molecule has 2 aliphatic rings. The first-order chi connectivity index (χ1) is 14.7. The number of rotatable bonds is 6. The van der Waals surface area contributed by atoms with Crippen LogP contribution in [0.3, 0.4) is 0 Å². The SMILES string of the molecule is O=C(Nc1ccc(N2CCN(C(=O)CCC3CCCC3)CC2)cc1)c1ccccc1. The van der Waals surface area contributed by atoms with Gasteiger partial charge in [0.25, 0.3) is 5.91 Å². The first-order valence-electron chi connectivity index (χ1n) is 11.2. The molecule has 2 aromatic carbocycles. The first-order valence-corrected chi connectivity index (χ1v) is 11.2. The molecule has 1 aliphatic carbocycles. The van der Waals surface area contributed by atoms with Gasteiger partial charge in [0.15, 0.2) is 0 Å². The molecule has 0 aromatic heterocycles. The van der Waals surface area contributed by atoms with Crippen molar-refractivity contribution >= 4 is 23.2 Å². The summed E-state index contributed by atoms with van der Waals surface area (Å²) in [6.45, 7) is 3.28. The van der Waals surface area contributed by atoms with Crippen molar-refractivity contribution in [2.45, 2.75) is 38.5 Å². The summed E-state index contributed by atoms with van der Waals surface area (Å²) in [6, 6.07) is 17.2. The van der Waals surface area contributed by atoms with Crippen molar-refractivity contribution in [3.05, 3.63) is 60.2 Å². The predicted octanol–water partition coefficient (Wildman–Crippen LogP) is 4.56. The molecule has 4 rings (SSSR count). The van der Waals surface area contributed by atoms with E-state index in [9.17, 15) is 9.59 Å². The number of hydrogen-bond acceptors (Lipinski definition) is 3. The molecule has 0 unspecified atom stereocenters. The molecule has 0 radical (unpaired) electrons. The monoisotopic (exact) mass is 405 g/mol. The molecule has 2 aromatic rings. The molecule has 0 atom stereocenters. The summed E-state index contributed by atoms with van der Waals surface area (Å²) >= 11 is 0. The van der Waals surface area contributed by atoms with Gasteiger partial charge in [-0.05, 0) is 48.7 Å². The van der Waals surface area contributed by atoms with Crippen LogP contribution in [0.2, 0.25) is 0 Å². The van der Waals surface area contributed by atoms with Crippen LogP contribution in [0.25, 0.3) is 0 Å². The van der Waals surface area contributed by atoms with Gasteiger partial charge >= 0.3 is 0 Å². The lowest BCUT2D eigenvalue weighted by Gasteiger charge is -2.36. The largest absolute Gasteiger partial charge is 0.368 e. The zero-order chi connectivity index (χ0) is 20.8. The zero-order valence-corrected chi connectivity index (χ0v) is 17.6. The van der Waals surface area contributed by atoms with E-state index in [1.54, 1.807) is 12.1 Å². The van der Waals surface area contributed by atoms with Crippen molar-refractivity contribution in [2.75, 3.05) is 36.4 Å². The third-order valence-corrected chi connectivity index (χ3v) is 6.40. The van der Waals surface area contributed by atoms with Crippen molar-refractivity contribution in [3.63, 3.8) is 0 Å². The minimum absolute atomic E-state index is 0.104. The van der Waals surface area contributed by atoms with Crippen LogP contribution in [0, 0.1) is 5.92 Å². The highest BCUT2D eigenvalue weighted by molar-refractivity contribution is 6.04. The Kier molecular flexibility index (Phi) is 6.67. The molecular formula is C25H31N3O2. The summed E-state index contributed by atoms with van der Waals surface area (Å²) in [7, 11) is 0. The smallest absolute Gasteiger partial charge is 0.255 e. The number of hydrogen-bond donors (Lipinski definition) is 1. The number of carbonyl (C=O) groups excluding carboxylic acids is 2. The van der Waals surface area contributed by atoms with Crippen molar-refractivity contribution in [1.82, 2.24) is 4.90 Å². The van der Waals surface area contributed by atoms with Crippen LogP contribution in [0.1, 0.15) is 48.9 Å². The van der Waals surface area contributed by atoms with Crippen molar-refractivity contribution in [3.8, 4) is 0 Å². The standard InChI is InChI=1S/C25H31N3O2/c29-24(15-10-20-6-4-5-7-20)28-18-16-27(17-19-28)23-13-11-22(12-14-23)26-25(30)21-8-2-1-3-9-21/h1-3,8-9,11-14,20H,4-7,10,15-19H2,(H,26,30). The lowest BCUT2D eigenvalue weighted by Crippen LogP contribution is -2.48. The van der Waals surface area contributed by atoms with Gasteiger partial charge in [-0.2, -0.15) is 0 Å². The molecule has 158 valence electrons. The molecule has 1 saturated heterocycles. The fraction of sp³-hybridized carbons (Fsp3) is 0.440. The Bertz CT molecular complexity index is 836. The van der Waals surface area contributed by atoms with E-state index < -0.39 is 0 Å². The number of amides is 2. The number of anilines is 2. The Morgan fingerprint density at radius 1 is 0.867 bits per heavy atom. The van der Waals surface area contributed by atoms with Gasteiger partial charge in [-0.25, -0.2) is 0 Å². The maximum absolute atomic E-state index is 12.5. The van der Waals surface area contributed by atoms with E-state index in [1.807, 2.05) is 47.4 Å². The minimum atomic E-state index is -0.104. The van der Waals surface area contributed by atoms with Crippen LogP contribution in [-0.2, 0) is 4.79 Å². The molecule has 0 spiro atoms. The van der Waals surface area contributed by atoms with Gasteiger partial charge in [0.2, 0.25) is 5.91 Å². The maximum atomic E-state index is 12.5. The molecule has 1 aliphatic heterocycles. The Hall–Kier alpha value is -2.82. The van der Waals surface area contributed by atoms with Gasteiger partial charge in [-0.3, -0.25) is 9.59 Å². The molecular weight excluding hydrogens is 374 g/mol. The summed E-state index contributed by atoms with van der Waals surface area (Å²) in [5.41, 5.74) is 2.56. The Morgan fingerprint density at radius 3 is 2.20 bits per heavy atom. The van der Waals surface area contributed by atoms with Crippen LogP contribution < -0.4 is 10.2 Å². The van der Waals surface area contributed by atoms with E-state index >= 15 is 0 Å². The topological polar surface area (TPSA) is 52.7 Å². The van der Waals surface area contributed by atoms with E-state index in [-0.39, 0.29) is 5.91 Å². The molecule has 2 amide bonds. The second kappa shape index (κ2) is 9.79. The van der Waals surface area contributed by atoms with Gasteiger partial charge in [0.1, 0.15) is 0 Å². The average molecular weight is 406 g/mol. The van der Waals surface area contributed by atoms with Crippen LogP contribution in [0.15, 0.2) is 54.6 Å². The third-order valence-electron chi connectivity index (χ3n) is 6.40. The van der Waals surface area contributed by atoms with Crippen LogP contribution in [0.5, 0.6) is 0 Å². The molecule has 1 heterocycles. The fourth-order valence-electron chi connectivity index (χ4n) is 4.55. The quantitative estimate of drug-likeness (QED) is 0.767. The van der Waals surface area contributed by atoms with E-state index in [4.69, 9.17) is 0 Å². The number of nitrogens with zero attached hydrogens (tertiary/aromatic N) is 2. The summed E-state index contributed by atoms with van der Waals surface area (Å²) in [4.78, 5) is 29.1. The second-order valence-corrected chi connectivity index (χ2v) is 8.42. The van der Waals surface area contributed by atoms with E-state index in [1.165, 1.54) is 25.7 Å². The van der Waals surface area contributed by atoms with E-state index in [0.717, 1.165) is 49.9 Å². The Balaban J connectivity index is 1.24. The molecule has 2 fully saturated rings. The summed E-state index contributed by atoms with van der Waals surface area (Å²) in [5.74, 6) is 0.990. The Labute approximate surface area is 179 Å². The lowest BCUT2D eigenvalue weighted by atomic mass is 10.0. The summed E-state index contributed by atoms with van der Waals surface area (Å²) < 4.78 is 0. The van der Waals surface area contributed by atoms with Crippen molar-refractivity contribution < 1.29 is 9.59 Å². The highest BCUT2D eigenvalue weighted by Crippen LogP contribution is 2.29. The average Bonchev–Trinajstić information content (AvgIpc) is 3.32. The van der Waals surface area contributed by atoms with E-state index in [0.29, 0.717) is 17.9 Å². The third kappa shape index (κ3) is 5.21. The van der Waals surface area contributed by atoms with Gasteiger partial charge in [-0.15, -0.1) is 0 Å². The molecule has 5 heteroatoms.